The lowest BCUT2D eigenvalue weighted by Crippen LogP contribution is -2.32. The summed E-state index contributed by atoms with van der Waals surface area (Å²) in [6.45, 7) is 3.73. The van der Waals surface area contributed by atoms with Crippen molar-refractivity contribution in [2.45, 2.75) is 32.5 Å². The number of methoxy groups -OCH3 is 2. The molecule has 0 saturated heterocycles. The summed E-state index contributed by atoms with van der Waals surface area (Å²) in [5.74, 6) is 0.603. The molecule has 1 aliphatic rings. The van der Waals surface area contributed by atoms with Crippen molar-refractivity contribution in [1.29, 1.82) is 0 Å². The monoisotopic (exact) mass is 328 g/mol. The van der Waals surface area contributed by atoms with Gasteiger partial charge in [-0.1, -0.05) is 29.8 Å². The van der Waals surface area contributed by atoms with E-state index < -0.39 is 0 Å². The zero-order chi connectivity index (χ0) is 16.9. The molecule has 24 heavy (non-hydrogen) atoms. The van der Waals surface area contributed by atoms with Gasteiger partial charge in [0.2, 0.25) is 0 Å². The van der Waals surface area contributed by atoms with Crippen LogP contribution < -0.4 is 5.32 Å². The molecule has 130 valence electrons. The summed E-state index contributed by atoms with van der Waals surface area (Å²) in [6.07, 6.45) is 5.55. The second kappa shape index (κ2) is 7.97. The van der Waals surface area contributed by atoms with E-state index >= 15 is 0 Å². The van der Waals surface area contributed by atoms with Crippen LogP contribution in [-0.4, -0.2) is 38.6 Å². The van der Waals surface area contributed by atoms with Crippen LogP contribution in [0.2, 0.25) is 0 Å². The lowest BCUT2D eigenvalue weighted by atomic mass is 9.82. The molecule has 1 heterocycles. The predicted octanol–water partition coefficient (Wildman–Crippen LogP) is 3.43. The minimum absolute atomic E-state index is 0.185. The first-order valence-corrected chi connectivity index (χ1v) is 8.76. The SMILES string of the molecule is C/C=C(/CNCC(OC)OC)[C@@H]1CCc2c([nH]c3ccccc23)C1. The normalized spacial score (nSPS) is 18.3. The molecule has 4 heteroatoms. The predicted molar refractivity (Wildman–Crippen MR) is 98.2 cm³/mol. The Balaban J connectivity index is 1.65. The fourth-order valence-electron chi connectivity index (χ4n) is 3.78. The number of hydrogen-bond donors (Lipinski definition) is 2. The maximum absolute atomic E-state index is 5.23. The van der Waals surface area contributed by atoms with Crippen LogP contribution in [0, 0.1) is 5.92 Å². The molecule has 2 aromatic rings. The summed E-state index contributed by atoms with van der Waals surface area (Å²) in [5, 5.41) is 4.86. The number of allylic oxidation sites excluding steroid dienone is 1. The molecule has 0 aliphatic heterocycles. The molecule has 0 saturated carbocycles. The van der Waals surface area contributed by atoms with E-state index in [0.29, 0.717) is 12.5 Å². The maximum Gasteiger partial charge on any atom is 0.169 e. The standard InChI is InChI=1S/C20H28N2O2/c1-4-14(12-21-13-20(23-2)24-3)15-9-10-17-16-7-5-6-8-18(16)22-19(17)11-15/h4-8,15,20-22H,9-13H2,1-3H3/b14-4-/t15-/m1/s1. The number of benzene rings is 1. The van der Waals surface area contributed by atoms with E-state index in [2.05, 4.69) is 47.6 Å². The highest BCUT2D eigenvalue weighted by Crippen LogP contribution is 2.34. The highest BCUT2D eigenvalue weighted by molar-refractivity contribution is 5.84. The Morgan fingerprint density at radius 3 is 2.88 bits per heavy atom. The third kappa shape index (κ3) is 3.56. The van der Waals surface area contributed by atoms with Crippen LogP contribution in [0.4, 0.5) is 0 Å². The number of fused-ring (bicyclic) bond motifs is 3. The first-order chi connectivity index (χ1) is 11.8. The quantitative estimate of drug-likeness (QED) is 0.605. The van der Waals surface area contributed by atoms with Gasteiger partial charge in [-0.15, -0.1) is 0 Å². The minimum atomic E-state index is -0.185. The Labute approximate surface area is 144 Å². The van der Waals surface area contributed by atoms with Gasteiger partial charge >= 0.3 is 0 Å². The van der Waals surface area contributed by atoms with Gasteiger partial charge in [0, 0.05) is 43.9 Å². The number of aromatic nitrogens is 1. The summed E-state index contributed by atoms with van der Waals surface area (Å²) in [5.41, 5.74) is 5.68. The second-order valence-electron chi connectivity index (χ2n) is 6.46. The zero-order valence-electron chi connectivity index (χ0n) is 14.9. The van der Waals surface area contributed by atoms with Crippen molar-refractivity contribution >= 4 is 10.9 Å². The van der Waals surface area contributed by atoms with Crippen molar-refractivity contribution in [3.63, 3.8) is 0 Å². The lowest BCUT2D eigenvalue weighted by molar-refractivity contribution is -0.0984. The van der Waals surface area contributed by atoms with Crippen LogP contribution in [0.5, 0.6) is 0 Å². The molecule has 0 radical (unpaired) electrons. The van der Waals surface area contributed by atoms with E-state index in [9.17, 15) is 0 Å². The number of H-pyrrole nitrogens is 1. The van der Waals surface area contributed by atoms with E-state index in [-0.39, 0.29) is 6.29 Å². The number of aryl methyl sites for hydroxylation is 1. The van der Waals surface area contributed by atoms with Crippen molar-refractivity contribution in [3.8, 4) is 0 Å². The molecule has 0 unspecified atom stereocenters. The molecule has 1 atom stereocenters. The zero-order valence-corrected chi connectivity index (χ0v) is 14.9. The molecular formula is C20H28N2O2. The van der Waals surface area contributed by atoms with Crippen molar-refractivity contribution in [3.05, 3.63) is 47.2 Å². The Hall–Kier alpha value is -1.62. The molecule has 3 rings (SSSR count). The van der Waals surface area contributed by atoms with Gasteiger partial charge in [-0.25, -0.2) is 0 Å². The number of rotatable bonds is 7. The van der Waals surface area contributed by atoms with E-state index in [1.165, 1.54) is 34.2 Å². The first-order valence-electron chi connectivity index (χ1n) is 8.76. The maximum atomic E-state index is 5.23. The highest BCUT2D eigenvalue weighted by atomic mass is 16.7. The van der Waals surface area contributed by atoms with Crippen molar-refractivity contribution < 1.29 is 9.47 Å². The number of nitrogens with one attached hydrogen (secondary N) is 2. The fraction of sp³-hybridized carbons (Fsp3) is 0.500. The van der Waals surface area contributed by atoms with E-state index in [1.807, 2.05) is 0 Å². The Kier molecular flexibility index (Phi) is 5.72. The van der Waals surface area contributed by atoms with Gasteiger partial charge in [0.05, 0.1) is 0 Å². The molecule has 1 aromatic carbocycles. The average molecular weight is 328 g/mol. The van der Waals surface area contributed by atoms with Crippen LogP contribution in [0.3, 0.4) is 0 Å². The Morgan fingerprint density at radius 1 is 1.33 bits per heavy atom. The summed E-state index contributed by atoms with van der Waals surface area (Å²) in [6, 6.07) is 8.64. The molecule has 0 amide bonds. The molecule has 0 fully saturated rings. The summed E-state index contributed by atoms with van der Waals surface area (Å²) in [7, 11) is 3.34. The molecule has 2 N–H and O–H groups in total. The van der Waals surface area contributed by atoms with Gasteiger partial charge in [-0.3, -0.25) is 0 Å². The highest BCUT2D eigenvalue weighted by Gasteiger charge is 2.24. The van der Waals surface area contributed by atoms with Crippen LogP contribution >= 0.6 is 0 Å². The first kappa shape index (κ1) is 17.2. The van der Waals surface area contributed by atoms with Gasteiger partial charge in [0.25, 0.3) is 0 Å². The average Bonchev–Trinajstić information content (AvgIpc) is 2.99. The molecule has 1 aromatic heterocycles. The van der Waals surface area contributed by atoms with Crippen molar-refractivity contribution in [2.24, 2.45) is 5.92 Å². The molecular weight excluding hydrogens is 300 g/mol. The van der Waals surface area contributed by atoms with Gasteiger partial charge in [0.15, 0.2) is 6.29 Å². The fourth-order valence-corrected chi connectivity index (χ4v) is 3.78. The smallest absolute Gasteiger partial charge is 0.169 e. The molecule has 1 aliphatic carbocycles. The van der Waals surface area contributed by atoms with Gasteiger partial charge in [-0.05, 0) is 43.7 Å². The van der Waals surface area contributed by atoms with Crippen molar-refractivity contribution in [1.82, 2.24) is 10.3 Å². The lowest BCUT2D eigenvalue weighted by Gasteiger charge is -2.26. The van der Waals surface area contributed by atoms with E-state index in [4.69, 9.17) is 9.47 Å². The summed E-state index contributed by atoms with van der Waals surface area (Å²) < 4.78 is 10.5. The molecule has 4 nitrogen and oxygen atoms in total. The van der Waals surface area contributed by atoms with Crippen LogP contribution in [0.1, 0.15) is 24.6 Å². The number of hydrogen-bond acceptors (Lipinski definition) is 3. The van der Waals surface area contributed by atoms with Crippen molar-refractivity contribution in [2.75, 3.05) is 27.3 Å². The molecule has 0 bridgehead atoms. The van der Waals surface area contributed by atoms with Crippen LogP contribution in [0.15, 0.2) is 35.9 Å². The summed E-state index contributed by atoms with van der Waals surface area (Å²) in [4.78, 5) is 3.63. The minimum Gasteiger partial charge on any atom is -0.358 e. The van der Waals surface area contributed by atoms with Crippen LogP contribution in [-0.2, 0) is 22.3 Å². The van der Waals surface area contributed by atoms with Crippen LogP contribution in [0.25, 0.3) is 10.9 Å². The van der Waals surface area contributed by atoms with E-state index in [0.717, 1.165) is 19.4 Å². The van der Waals surface area contributed by atoms with Gasteiger partial charge in [-0.2, -0.15) is 0 Å². The largest absolute Gasteiger partial charge is 0.358 e. The number of para-hydroxylation sites is 1. The number of ether oxygens (including phenoxy) is 2. The third-order valence-corrected chi connectivity index (χ3v) is 5.16. The second-order valence-corrected chi connectivity index (χ2v) is 6.46. The summed E-state index contributed by atoms with van der Waals surface area (Å²) >= 11 is 0. The number of aromatic amines is 1. The molecule has 0 spiro atoms. The van der Waals surface area contributed by atoms with Gasteiger partial charge < -0.3 is 19.8 Å². The topological polar surface area (TPSA) is 46.3 Å². The van der Waals surface area contributed by atoms with Gasteiger partial charge in [0.1, 0.15) is 0 Å². The Bertz CT molecular complexity index is 701. The van der Waals surface area contributed by atoms with E-state index in [1.54, 1.807) is 14.2 Å². The third-order valence-electron chi connectivity index (χ3n) is 5.16. The Morgan fingerprint density at radius 2 is 2.12 bits per heavy atom.